The summed E-state index contributed by atoms with van der Waals surface area (Å²) in [4.78, 5) is 0. The van der Waals surface area contributed by atoms with Crippen molar-refractivity contribution in [1.82, 2.24) is 10.0 Å². The summed E-state index contributed by atoms with van der Waals surface area (Å²) in [6.45, 7) is 7.95. The lowest BCUT2D eigenvalue weighted by Crippen LogP contribution is -2.42. The lowest BCUT2D eigenvalue weighted by Gasteiger charge is -2.20. The van der Waals surface area contributed by atoms with Gasteiger partial charge in [-0.2, -0.15) is 0 Å². The predicted octanol–water partition coefficient (Wildman–Crippen LogP) is 1.48. The average molecular weight is 262 g/mol. The van der Waals surface area contributed by atoms with E-state index in [1.807, 2.05) is 0 Å². The van der Waals surface area contributed by atoms with Crippen LogP contribution in [0.5, 0.6) is 0 Å². The Morgan fingerprint density at radius 1 is 1.29 bits per heavy atom. The molecule has 0 amide bonds. The van der Waals surface area contributed by atoms with E-state index >= 15 is 0 Å². The maximum Gasteiger partial charge on any atom is 0.211 e. The van der Waals surface area contributed by atoms with Gasteiger partial charge in [-0.25, -0.2) is 13.1 Å². The summed E-state index contributed by atoms with van der Waals surface area (Å²) in [5, 5.41) is 3.27. The Labute approximate surface area is 106 Å². The number of nitrogens with one attached hydrogen (secondary N) is 2. The third-order valence-electron chi connectivity index (χ3n) is 3.01. The highest BCUT2D eigenvalue weighted by molar-refractivity contribution is 7.89. The molecule has 2 N–H and O–H groups in total. The van der Waals surface area contributed by atoms with Gasteiger partial charge in [0.05, 0.1) is 5.75 Å². The molecule has 5 heteroatoms. The second-order valence-corrected chi connectivity index (χ2v) is 8.02. The van der Waals surface area contributed by atoms with Crippen LogP contribution in [-0.2, 0) is 10.0 Å². The van der Waals surface area contributed by atoms with E-state index in [1.54, 1.807) is 0 Å². The molecule has 0 radical (unpaired) electrons. The summed E-state index contributed by atoms with van der Waals surface area (Å²) in [6.07, 6.45) is 3.88. The van der Waals surface area contributed by atoms with E-state index in [0.29, 0.717) is 6.42 Å². The van der Waals surface area contributed by atoms with Crippen molar-refractivity contribution in [2.24, 2.45) is 5.41 Å². The van der Waals surface area contributed by atoms with Gasteiger partial charge in [0.25, 0.3) is 0 Å². The second kappa shape index (κ2) is 6.16. The molecule has 1 aliphatic heterocycles. The molecule has 0 spiro atoms. The van der Waals surface area contributed by atoms with Gasteiger partial charge in [0.2, 0.25) is 10.0 Å². The summed E-state index contributed by atoms with van der Waals surface area (Å²) in [5.41, 5.74) is 0.0659. The molecular formula is C12H26N2O2S. The van der Waals surface area contributed by atoms with E-state index in [0.717, 1.165) is 32.4 Å². The molecule has 0 aromatic carbocycles. The molecule has 1 atom stereocenters. The van der Waals surface area contributed by atoms with Crippen molar-refractivity contribution in [2.75, 3.05) is 18.8 Å². The highest BCUT2D eigenvalue weighted by Gasteiger charge is 2.21. The van der Waals surface area contributed by atoms with Crippen molar-refractivity contribution in [1.29, 1.82) is 0 Å². The van der Waals surface area contributed by atoms with Gasteiger partial charge in [0.1, 0.15) is 0 Å². The Hall–Kier alpha value is -0.130. The first-order valence-corrected chi connectivity index (χ1v) is 8.14. The predicted molar refractivity (Wildman–Crippen MR) is 71.5 cm³/mol. The SMILES string of the molecule is CC(C)(C)CCS(=O)(=O)NC1CCCCNC1. The minimum atomic E-state index is -3.12. The lowest BCUT2D eigenvalue weighted by molar-refractivity contribution is 0.395. The smallest absolute Gasteiger partial charge is 0.211 e. The fraction of sp³-hybridized carbons (Fsp3) is 1.00. The molecule has 1 heterocycles. The molecule has 1 unspecified atom stereocenters. The first kappa shape index (κ1) is 14.9. The van der Waals surface area contributed by atoms with Crippen molar-refractivity contribution >= 4 is 10.0 Å². The molecule has 0 aliphatic carbocycles. The van der Waals surface area contributed by atoms with Crippen LogP contribution in [0.15, 0.2) is 0 Å². The third kappa shape index (κ3) is 7.01. The molecule has 1 aliphatic rings. The van der Waals surface area contributed by atoms with Crippen LogP contribution in [-0.4, -0.2) is 33.3 Å². The minimum Gasteiger partial charge on any atom is -0.315 e. The van der Waals surface area contributed by atoms with Gasteiger partial charge in [0.15, 0.2) is 0 Å². The van der Waals surface area contributed by atoms with Gasteiger partial charge < -0.3 is 5.32 Å². The summed E-state index contributed by atoms with van der Waals surface area (Å²) < 4.78 is 26.7. The zero-order valence-corrected chi connectivity index (χ0v) is 12.1. The largest absolute Gasteiger partial charge is 0.315 e. The van der Waals surface area contributed by atoms with Crippen LogP contribution in [0.3, 0.4) is 0 Å². The normalized spacial score (nSPS) is 23.4. The molecule has 1 saturated heterocycles. The number of hydrogen-bond donors (Lipinski definition) is 2. The van der Waals surface area contributed by atoms with E-state index in [-0.39, 0.29) is 17.2 Å². The summed E-state index contributed by atoms with van der Waals surface area (Å²) in [5.74, 6) is 0.229. The van der Waals surface area contributed by atoms with Crippen LogP contribution in [0.2, 0.25) is 0 Å². The van der Waals surface area contributed by atoms with Crippen LogP contribution in [0.1, 0.15) is 46.5 Å². The van der Waals surface area contributed by atoms with E-state index in [9.17, 15) is 8.42 Å². The highest BCUT2D eigenvalue weighted by atomic mass is 32.2. The van der Waals surface area contributed by atoms with Crippen molar-refractivity contribution in [3.63, 3.8) is 0 Å². The second-order valence-electron chi connectivity index (χ2n) is 6.14. The fourth-order valence-electron chi connectivity index (χ4n) is 1.87. The average Bonchev–Trinajstić information content (AvgIpc) is 2.42. The van der Waals surface area contributed by atoms with Crippen molar-refractivity contribution in [3.05, 3.63) is 0 Å². The molecule has 0 saturated carbocycles. The van der Waals surface area contributed by atoms with Crippen LogP contribution in [0, 0.1) is 5.41 Å². The monoisotopic (exact) mass is 262 g/mol. The number of sulfonamides is 1. The Bertz CT molecular complexity index is 312. The molecule has 1 fully saturated rings. The Balaban J connectivity index is 2.42. The number of hydrogen-bond acceptors (Lipinski definition) is 3. The molecule has 0 aromatic rings. The zero-order valence-electron chi connectivity index (χ0n) is 11.3. The Kier molecular flexibility index (Phi) is 5.41. The van der Waals surface area contributed by atoms with Gasteiger partial charge in [-0.05, 0) is 31.2 Å². The molecule has 0 bridgehead atoms. The molecular weight excluding hydrogens is 236 g/mol. The van der Waals surface area contributed by atoms with Gasteiger partial charge in [-0.15, -0.1) is 0 Å². The van der Waals surface area contributed by atoms with Crippen LogP contribution in [0.25, 0.3) is 0 Å². The van der Waals surface area contributed by atoms with E-state index in [2.05, 4.69) is 30.8 Å². The molecule has 4 nitrogen and oxygen atoms in total. The Morgan fingerprint density at radius 3 is 2.65 bits per heavy atom. The van der Waals surface area contributed by atoms with E-state index in [1.165, 1.54) is 0 Å². The minimum absolute atomic E-state index is 0.0659. The van der Waals surface area contributed by atoms with Gasteiger partial charge in [-0.3, -0.25) is 0 Å². The summed E-state index contributed by atoms with van der Waals surface area (Å²) in [7, 11) is -3.12. The van der Waals surface area contributed by atoms with Crippen LogP contribution >= 0.6 is 0 Å². The zero-order chi connectivity index (χ0) is 12.9. The summed E-state index contributed by atoms with van der Waals surface area (Å²) >= 11 is 0. The van der Waals surface area contributed by atoms with Gasteiger partial charge in [0, 0.05) is 12.6 Å². The topological polar surface area (TPSA) is 58.2 Å². The third-order valence-corrected chi connectivity index (χ3v) is 4.45. The lowest BCUT2D eigenvalue weighted by atomic mass is 9.94. The standard InChI is InChI=1S/C12H26N2O2S/c1-12(2,3)7-9-17(15,16)14-11-6-4-5-8-13-10-11/h11,13-14H,4-10H2,1-3H3. The van der Waals surface area contributed by atoms with E-state index < -0.39 is 10.0 Å². The highest BCUT2D eigenvalue weighted by Crippen LogP contribution is 2.19. The quantitative estimate of drug-likeness (QED) is 0.807. The summed E-state index contributed by atoms with van der Waals surface area (Å²) in [6, 6.07) is 0.0717. The van der Waals surface area contributed by atoms with Crippen LogP contribution in [0.4, 0.5) is 0 Å². The van der Waals surface area contributed by atoms with Gasteiger partial charge >= 0.3 is 0 Å². The van der Waals surface area contributed by atoms with E-state index in [4.69, 9.17) is 0 Å². The molecule has 102 valence electrons. The van der Waals surface area contributed by atoms with Crippen molar-refractivity contribution in [3.8, 4) is 0 Å². The first-order chi connectivity index (χ1) is 7.79. The van der Waals surface area contributed by atoms with Crippen molar-refractivity contribution < 1.29 is 8.42 Å². The van der Waals surface area contributed by atoms with Crippen LogP contribution < -0.4 is 10.0 Å². The molecule has 1 rings (SSSR count). The van der Waals surface area contributed by atoms with Gasteiger partial charge in [-0.1, -0.05) is 27.2 Å². The van der Waals surface area contributed by atoms with Crippen molar-refractivity contribution in [2.45, 2.75) is 52.5 Å². The maximum absolute atomic E-state index is 11.9. The molecule has 0 aromatic heterocycles. The fourth-order valence-corrected chi connectivity index (χ4v) is 3.58. The number of rotatable bonds is 4. The maximum atomic E-state index is 11.9. The Morgan fingerprint density at radius 2 is 2.00 bits per heavy atom. The first-order valence-electron chi connectivity index (χ1n) is 6.49. The molecule has 17 heavy (non-hydrogen) atoms.